The first-order chi connectivity index (χ1) is 13.4. The summed E-state index contributed by atoms with van der Waals surface area (Å²) >= 11 is 12.0. The third kappa shape index (κ3) is 4.70. The van der Waals surface area contributed by atoms with Crippen LogP contribution in [0.5, 0.6) is 11.5 Å². The standard InChI is InChI=1S/C22H21Cl2NO3/c1-14(28-21-9-7-18(23)12-20(21)24)22(26)25(2)13-15-4-5-17-11-19(27-3)8-6-16(17)10-15/h4-12,14H,13H2,1-3H3. The fraction of sp³-hybridized carbons (Fsp3) is 0.227. The Labute approximate surface area is 174 Å². The van der Waals surface area contributed by atoms with E-state index in [1.54, 1.807) is 44.2 Å². The van der Waals surface area contributed by atoms with Crippen LogP contribution in [-0.4, -0.2) is 31.1 Å². The van der Waals surface area contributed by atoms with Gasteiger partial charge in [-0.25, -0.2) is 0 Å². The zero-order chi connectivity index (χ0) is 20.3. The average molecular weight is 418 g/mol. The van der Waals surface area contributed by atoms with Gasteiger partial charge < -0.3 is 14.4 Å². The van der Waals surface area contributed by atoms with Gasteiger partial charge in [-0.1, -0.05) is 41.4 Å². The number of likely N-dealkylation sites (N-methyl/N-ethyl adjacent to an activating group) is 1. The Bertz CT molecular complexity index is 1010. The summed E-state index contributed by atoms with van der Waals surface area (Å²) in [4.78, 5) is 14.3. The van der Waals surface area contributed by atoms with E-state index in [9.17, 15) is 4.79 Å². The maximum Gasteiger partial charge on any atom is 0.263 e. The second-order valence-corrected chi connectivity index (χ2v) is 7.42. The molecule has 0 aliphatic carbocycles. The molecule has 4 nitrogen and oxygen atoms in total. The first-order valence-corrected chi connectivity index (χ1v) is 9.56. The number of amides is 1. The van der Waals surface area contributed by atoms with Crippen molar-refractivity contribution in [3.05, 3.63) is 70.2 Å². The molecule has 0 spiro atoms. The summed E-state index contributed by atoms with van der Waals surface area (Å²) in [6, 6.07) is 16.9. The number of ether oxygens (including phenoxy) is 2. The van der Waals surface area contributed by atoms with Gasteiger partial charge in [0.1, 0.15) is 11.5 Å². The van der Waals surface area contributed by atoms with Crippen molar-refractivity contribution in [2.45, 2.75) is 19.6 Å². The molecule has 146 valence electrons. The number of rotatable bonds is 6. The smallest absolute Gasteiger partial charge is 0.263 e. The van der Waals surface area contributed by atoms with E-state index in [0.29, 0.717) is 22.3 Å². The van der Waals surface area contributed by atoms with Crippen LogP contribution < -0.4 is 9.47 Å². The highest BCUT2D eigenvalue weighted by atomic mass is 35.5. The molecule has 6 heteroatoms. The molecule has 0 saturated carbocycles. The summed E-state index contributed by atoms with van der Waals surface area (Å²) in [5.41, 5.74) is 1.03. The van der Waals surface area contributed by atoms with E-state index in [0.717, 1.165) is 22.1 Å². The van der Waals surface area contributed by atoms with Crippen molar-refractivity contribution in [2.75, 3.05) is 14.2 Å². The molecule has 1 unspecified atom stereocenters. The third-order valence-electron chi connectivity index (χ3n) is 4.45. The van der Waals surface area contributed by atoms with Crippen LogP contribution in [0, 0.1) is 0 Å². The van der Waals surface area contributed by atoms with Crippen LogP contribution in [-0.2, 0) is 11.3 Å². The first kappa shape index (κ1) is 20.3. The molecule has 0 radical (unpaired) electrons. The molecule has 0 aromatic heterocycles. The van der Waals surface area contributed by atoms with Crippen molar-refractivity contribution in [3.8, 4) is 11.5 Å². The van der Waals surface area contributed by atoms with Crippen molar-refractivity contribution in [3.63, 3.8) is 0 Å². The van der Waals surface area contributed by atoms with Crippen LogP contribution in [0.1, 0.15) is 12.5 Å². The summed E-state index contributed by atoms with van der Waals surface area (Å²) in [6.07, 6.45) is -0.673. The lowest BCUT2D eigenvalue weighted by atomic mass is 10.1. The number of benzene rings is 3. The van der Waals surface area contributed by atoms with Gasteiger partial charge in [0.2, 0.25) is 0 Å². The predicted octanol–water partition coefficient (Wildman–Crippen LogP) is 5.58. The summed E-state index contributed by atoms with van der Waals surface area (Å²) in [5.74, 6) is 1.11. The summed E-state index contributed by atoms with van der Waals surface area (Å²) in [6.45, 7) is 2.18. The van der Waals surface area contributed by atoms with Crippen molar-refractivity contribution in [2.24, 2.45) is 0 Å². The van der Waals surface area contributed by atoms with Gasteiger partial charge in [0.15, 0.2) is 6.10 Å². The Morgan fingerprint density at radius 2 is 1.75 bits per heavy atom. The van der Waals surface area contributed by atoms with Crippen molar-refractivity contribution < 1.29 is 14.3 Å². The number of carbonyl (C=O) groups is 1. The molecular weight excluding hydrogens is 397 g/mol. The van der Waals surface area contributed by atoms with Gasteiger partial charge in [0.25, 0.3) is 5.91 Å². The van der Waals surface area contributed by atoms with Gasteiger partial charge in [-0.2, -0.15) is 0 Å². The molecule has 0 aliphatic heterocycles. The second kappa shape index (κ2) is 8.72. The van der Waals surface area contributed by atoms with Crippen LogP contribution in [0.3, 0.4) is 0 Å². The lowest BCUT2D eigenvalue weighted by Gasteiger charge is -2.23. The number of methoxy groups -OCH3 is 1. The highest BCUT2D eigenvalue weighted by molar-refractivity contribution is 6.35. The molecule has 1 atom stereocenters. The van der Waals surface area contributed by atoms with Crippen molar-refractivity contribution >= 4 is 39.9 Å². The fourth-order valence-corrected chi connectivity index (χ4v) is 3.43. The fourth-order valence-electron chi connectivity index (χ4n) is 2.97. The van der Waals surface area contributed by atoms with Crippen LogP contribution in [0.15, 0.2) is 54.6 Å². The lowest BCUT2D eigenvalue weighted by Crippen LogP contribution is -2.37. The molecule has 0 heterocycles. The Hall–Kier alpha value is -2.43. The molecule has 3 aromatic rings. The van der Waals surface area contributed by atoms with Crippen molar-refractivity contribution in [1.82, 2.24) is 4.90 Å². The largest absolute Gasteiger partial charge is 0.497 e. The molecule has 3 rings (SSSR count). The zero-order valence-electron chi connectivity index (χ0n) is 15.9. The topological polar surface area (TPSA) is 38.8 Å². The Balaban J connectivity index is 1.68. The van der Waals surface area contributed by atoms with Crippen LogP contribution >= 0.6 is 23.2 Å². The predicted molar refractivity (Wildman–Crippen MR) is 114 cm³/mol. The number of fused-ring (bicyclic) bond motifs is 1. The number of hydrogen-bond acceptors (Lipinski definition) is 3. The maximum absolute atomic E-state index is 12.7. The number of nitrogens with zero attached hydrogens (tertiary/aromatic N) is 1. The molecule has 0 aliphatic rings. The minimum absolute atomic E-state index is 0.138. The Morgan fingerprint density at radius 3 is 2.46 bits per heavy atom. The van der Waals surface area contributed by atoms with E-state index >= 15 is 0 Å². The molecular formula is C22H21Cl2NO3. The van der Waals surface area contributed by atoms with Gasteiger partial charge >= 0.3 is 0 Å². The normalized spacial score (nSPS) is 11.9. The molecule has 0 fully saturated rings. The van der Waals surface area contributed by atoms with Crippen LogP contribution in [0.4, 0.5) is 0 Å². The third-order valence-corrected chi connectivity index (χ3v) is 4.98. The van der Waals surface area contributed by atoms with E-state index in [4.69, 9.17) is 32.7 Å². The van der Waals surface area contributed by atoms with Crippen molar-refractivity contribution in [1.29, 1.82) is 0 Å². The SMILES string of the molecule is COc1ccc2cc(CN(C)C(=O)C(C)Oc3ccc(Cl)cc3Cl)ccc2c1. The van der Waals surface area contributed by atoms with Crippen LogP contribution in [0.2, 0.25) is 10.0 Å². The minimum Gasteiger partial charge on any atom is -0.497 e. The highest BCUT2D eigenvalue weighted by Crippen LogP contribution is 2.28. The quantitative estimate of drug-likeness (QED) is 0.525. The first-order valence-electron chi connectivity index (χ1n) is 8.81. The molecule has 0 saturated heterocycles. The Kier molecular flexibility index (Phi) is 6.32. The van der Waals surface area contributed by atoms with E-state index in [2.05, 4.69) is 6.07 Å². The number of carbonyl (C=O) groups excluding carboxylic acids is 1. The number of halogens is 2. The highest BCUT2D eigenvalue weighted by Gasteiger charge is 2.20. The monoisotopic (exact) mass is 417 g/mol. The lowest BCUT2D eigenvalue weighted by molar-refractivity contribution is -0.137. The number of hydrogen-bond donors (Lipinski definition) is 0. The van der Waals surface area contributed by atoms with Crippen LogP contribution in [0.25, 0.3) is 10.8 Å². The molecule has 1 amide bonds. The van der Waals surface area contributed by atoms with Gasteiger partial charge in [-0.15, -0.1) is 0 Å². The van der Waals surface area contributed by atoms with Gasteiger partial charge in [-0.05, 0) is 59.7 Å². The summed E-state index contributed by atoms with van der Waals surface area (Å²) in [7, 11) is 3.40. The van der Waals surface area contributed by atoms with E-state index in [1.165, 1.54) is 0 Å². The molecule has 3 aromatic carbocycles. The second-order valence-electron chi connectivity index (χ2n) is 6.58. The maximum atomic E-state index is 12.7. The van der Waals surface area contributed by atoms with E-state index in [-0.39, 0.29) is 5.91 Å². The minimum atomic E-state index is -0.673. The zero-order valence-corrected chi connectivity index (χ0v) is 17.4. The molecule has 28 heavy (non-hydrogen) atoms. The molecule has 0 N–H and O–H groups in total. The average Bonchev–Trinajstić information content (AvgIpc) is 2.68. The van der Waals surface area contributed by atoms with Gasteiger partial charge in [0, 0.05) is 18.6 Å². The molecule has 0 bridgehead atoms. The van der Waals surface area contributed by atoms with E-state index in [1.807, 2.05) is 30.3 Å². The Morgan fingerprint density at radius 1 is 1.04 bits per heavy atom. The summed E-state index contributed by atoms with van der Waals surface area (Å²) < 4.78 is 11.0. The summed E-state index contributed by atoms with van der Waals surface area (Å²) in [5, 5.41) is 3.07. The van der Waals surface area contributed by atoms with Gasteiger partial charge in [-0.3, -0.25) is 4.79 Å². The van der Waals surface area contributed by atoms with E-state index < -0.39 is 6.10 Å². The van der Waals surface area contributed by atoms with Gasteiger partial charge in [0.05, 0.1) is 12.1 Å².